The summed E-state index contributed by atoms with van der Waals surface area (Å²) in [7, 11) is 0. The van der Waals surface area contributed by atoms with Crippen molar-refractivity contribution < 1.29 is 0 Å². The van der Waals surface area contributed by atoms with Crippen molar-refractivity contribution in [2.45, 2.75) is 77.0 Å². The number of hydrogen-bond acceptors (Lipinski definition) is 2. The van der Waals surface area contributed by atoms with Crippen molar-refractivity contribution in [1.82, 2.24) is 0 Å². The number of unbranched alkanes of at least 4 members (excludes halogenated alkanes) is 1. The van der Waals surface area contributed by atoms with Gasteiger partial charge < -0.3 is 4.90 Å². The van der Waals surface area contributed by atoms with Crippen LogP contribution in [0.4, 0.5) is 11.4 Å². The third kappa shape index (κ3) is 9.81. The van der Waals surface area contributed by atoms with Crippen LogP contribution in [0.3, 0.4) is 0 Å². The smallest absolute Gasteiger partial charge is 0.0569 e. The Labute approximate surface area is 196 Å². The highest BCUT2D eigenvalue weighted by atomic mass is 79.9. The van der Waals surface area contributed by atoms with Gasteiger partial charge in [0.2, 0.25) is 0 Å². The van der Waals surface area contributed by atoms with E-state index in [0.717, 1.165) is 21.7 Å². The number of para-hydroxylation sites is 1. The Morgan fingerprint density at radius 2 is 1.41 bits per heavy atom. The van der Waals surface area contributed by atoms with E-state index in [9.17, 15) is 0 Å². The number of benzene rings is 2. The van der Waals surface area contributed by atoms with Crippen molar-refractivity contribution in [3.05, 3.63) is 52.0 Å². The molecule has 3 rings (SSSR count). The van der Waals surface area contributed by atoms with E-state index in [1.54, 1.807) is 11.8 Å². The second-order valence-corrected chi connectivity index (χ2v) is 9.25. The molecule has 1 nitrogen and oxygen atoms in total. The first-order valence-electron chi connectivity index (χ1n) is 10.9. The zero-order valence-electron chi connectivity index (χ0n) is 18.5. The monoisotopic (exact) mass is 497 g/mol. The maximum absolute atomic E-state index is 6.25. The molecule has 1 aliphatic rings. The number of rotatable bonds is 5. The van der Waals surface area contributed by atoms with Crippen LogP contribution in [0.25, 0.3) is 0 Å². The molecule has 0 bridgehead atoms. The van der Waals surface area contributed by atoms with E-state index in [2.05, 4.69) is 78.2 Å². The van der Waals surface area contributed by atoms with Crippen LogP contribution in [0.2, 0.25) is 5.02 Å². The molecule has 1 aliphatic carbocycles. The molecular weight excluding hydrogens is 462 g/mol. The van der Waals surface area contributed by atoms with Gasteiger partial charge >= 0.3 is 0 Å². The first-order valence-corrected chi connectivity index (χ1v) is 13.3. The third-order valence-corrected chi connectivity index (χ3v) is 6.86. The van der Waals surface area contributed by atoms with Gasteiger partial charge in [0.25, 0.3) is 0 Å². The van der Waals surface area contributed by atoms with E-state index in [4.69, 9.17) is 11.6 Å². The quantitative estimate of drug-likeness (QED) is 0.377. The van der Waals surface area contributed by atoms with Crippen molar-refractivity contribution in [2.75, 3.05) is 17.7 Å². The van der Waals surface area contributed by atoms with Gasteiger partial charge in [-0.2, -0.15) is 0 Å². The lowest BCUT2D eigenvalue weighted by molar-refractivity contribution is 0.504. The van der Waals surface area contributed by atoms with Gasteiger partial charge in [0.15, 0.2) is 0 Å². The molecule has 29 heavy (non-hydrogen) atoms. The normalized spacial score (nSPS) is 12.9. The van der Waals surface area contributed by atoms with Gasteiger partial charge in [-0.25, -0.2) is 0 Å². The number of thioether (sulfide) groups is 1. The highest BCUT2D eigenvalue weighted by Crippen LogP contribution is 2.39. The topological polar surface area (TPSA) is 3.24 Å². The van der Waals surface area contributed by atoms with Gasteiger partial charge in [0.1, 0.15) is 0 Å². The lowest BCUT2D eigenvalue weighted by atomic mass is 10.0. The van der Waals surface area contributed by atoms with E-state index in [1.807, 2.05) is 12.1 Å². The Kier molecular flexibility index (Phi) is 14.7. The highest BCUT2D eigenvalue weighted by molar-refractivity contribution is 9.10. The van der Waals surface area contributed by atoms with Gasteiger partial charge in [0, 0.05) is 21.6 Å². The summed E-state index contributed by atoms with van der Waals surface area (Å²) in [6.07, 6.45) is 13.7. The molecule has 0 saturated heterocycles. The van der Waals surface area contributed by atoms with Crippen LogP contribution in [0.1, 0.15) is 72.1 Å². The molecule has 0 unspecified atom stereocenters. The standard InChI is InChI=1S/C15H15BrClNS.C6H12.C4H10/c1-3-18(11-7-5-4-6-8-11)14-10-13(17)12(16)9-15(14)19-2;1-2-4-6-5-3-1;1-3-4-2/h4-10H,3H2,1-2H3;1-6H2;3-4H2,1-2H3. The van der Waals surface area contributed by atoms with Crippen LogP contribution >= 0.6 is 39.3 Å². The predicted octanol–water partition coefficient (Wildman–Crippen LogP) is 10.1. The molecule has 2 aromatic carbocycles. The molecule has 0 aliphatic heterocycles. The molecule has 0 N–H and O–H groups in total. The Bertz CT molecular complexity index is 661. The fourth-order valence-corrected chi connectivity index (χ4v) is 4.32. The molecule has 1 fully saturated rings. The summed E-state index contributed by atoms with van der Waals surface area (Å²) in [4.78, 5) is 3.48. The second-order valence-electron chi connectivity index (χ2n) is 7.14. The Morgan fingerprint density at radius 1 is 0.897 bits per heavy atom. The summed E-state index contributed by atoms with van der Waals surface area (Å²) >= 11 is 11.5. The maximum atomic E-state index is 6.25. The van der Waals surface area contributed by atoms with Crippen LogP contribution in [0, 0.1) is 0 Å². The molecule has 1 saturated carbocycles. The number of halogens is 2. The highest BCUT2D eigenvalue weighted by Gasteiger charge is 2.14. The zero-order valence-corrected chi connectivity index (χ0v) is 21.7. The summed E-state index contributed by atoms with van der Waals surface area (Å²) in [6.45, 7) is 7.41. The predicted molar refractivity (Wildman–Crippen MR) is 138 cm³/mol. The Hall–Kier alpha value is -0.640. The fourth-order valence-electron chi connectivity index (χ4n) is 3.05. The van der Waals surface area contributed by atoms with Crippen LogP contribution in [0.15, 0.2) is 51.8 Å². The van der Waals surface area contributed by atoms with E-state index in [-0.39, 0.29) is 0 Å². The molecule has 0 amide bonds. The van der Waals surface area contributed by atoms with E-state index in [1.165, 1.54) is 61.9 Å². The van der Waals surface area contributed by atoms with Crippen LogP contribution < -0.4 is 4.90 Å². The lowest BCUT2D eigenvalue weighted by Gasteiger charge is -2.26. The molecule has 162 valence electrons. The lowest BCUT2D eigenvalue weighted by Crippen LogP contribution is -2.16. The zero-order chi connectivity index (χ0) is 21.5. The van der Waals surface area contributed by atoms with Crippen molar-refractivity contribution in [1.29, 1.82) is 0 Å². The molecule has 0 heterocycles. The number of anilines is 2. The summed E-state index contributed by atoms with van der Waals surface area (Å²) in [5.41, 5.74) is 2.33. The average Bonchev–Trinajstić information content (AvgIpc) is 2.79. The molecule has 0 radical (unpaired) electrons. The first kappa shape index (κ1) is 26.4. The SMILES string of the molecule is C1CCCCC1.CCCC.CCN(c1ccccc1)c1cc(Cl)c(Br)cc1SC. The summed E-state index contributed by atoms with van der Waals surface area (Å²) < 4.78 is 0.936. The van der Waals surface area contributed by atoms with Crippen molar-refractivity contribution in [3.8, 4) is 0 Å². The van der Waals surface area contributed by atoms with Gasteiger partial charge in [-0.3, -0.25) is 0 Å². The van der Waals surface area contributed by atoms with Gasteiger partial charge in [-0.1, -0.05) is 95.0 Å². The number of nitrogens with zero attached hydrogens (tertiary/aromatic N) is 1. The molecule has 0 spiro atoms. The third-order valence-electron chi connectivity index (χ3n) is 4.90. The van der Waals surface area contributed by atoms with Gasteiger partial charge in [0.05, 0.1) is 10.7 Å². The van der Waals surface area contributed by atoms with E-state index in [0.29, 0.717) is 0 Å². The minimum absolute atomic E-state index is 0.738. The van der Waals surface area contributed by atoms with E-state index >= 15 is 0 Å². The molecule has 4 heteroatoms. The first-order chi connectivity index (χ1) is 14.1. The minimum Gasteiger partial charge on any atom is -0.341 e. The molecule has 2 aromatic rings. The summed E-state index contributed by atoms with van der Waals surface area (Å²) in [5, 5.41) is 0.738. The van der Waals surface area contributed by atoms with Gasteiger partial charge in [-0.15, -0.1) is 11.8 Å². The average molecular weight is 499 g/mol. The Morgan fingerprint density at radius 3 is 1.83 bits per heavy atom. The summed E-state index contributed by atoms with van der Waals surface area (Å²) in [6, 6.07) is 14.5. The fraction of sp³-hybridized carbons (Fsp3) is 0.520. The molecule has 0 atom stereocenters. The largest absolute Gasteiger partial charge is 0.341 e. The molecular formula is C25H37BrClNS. The summed E-state index contributed by atoms with van der Waals surface area (Å²) in [5.74, 6) is 0. The van der Waals surface area contributed by atoms with Crippen molar-refractivity contribution in [2.24, 2.45) is 0 Å². The van der Waals surface area contributed by atoms with E-state index < -0.39 is 0 Å². The van der Waals surface area contributed by atoms with Gasteiger partial charge in [-0.05, 0) is 53.4 Å². The van der Waals surface area contributed by atoms with Crippen LogP contribution in [-0.4, -0.2) is 12.8 Å². The second kappa shape index (κ2) is 16.1. The Balaban J connectivity index is 0.000000345. The maximum Gasteiger partial charge on any atom is 0.0569 e. The van der Waals surface area contributed by atoms with Crippen LogP contribution in [-0.2, 0) is 0 Å². The minimum atomic E-state index is 0.738. The van der Waals surface area contributed by atoms with Crippen molar-refractivity contribution >= 4 is 50.7 Å². The van der Waals surface area contributed by atoms with Crippen LogP contribution in [0.5, 0.6) is 0 Å². The molecule has 0 aromatic heterocycles. The number of hydrogen-bond donors (Lipinski definition) is 0. The van der Waals surface area contributed by atoms with Crippen molar-refractivity contribution in [3.63, 3.8) is 0 Å².